The number of carboxylic acids is 1. The molecule has 372 valence electrons. The summed E-state index contributed by atoms with van der Waals surface area (Å²) in [7, 11) is 7.94. The Hall–Kier alpha value is -6.71. The van der Waals surface area contributed by atoms with Gasteiger partial charge in [-0.3, -0.25) is 14.4 Å². The minimum absolute atomic E-state index is 0. The fourth-order valence-corrected chi connectivity index (χ4v) is 7.24. The predicted molar refractivity (Wildman–Crippen MR) is 280 cm³/mol. The molecule has 0 aliphatic heterocycles. The van der Waals surface area contributed by atoms with Crippen LogP contribution in [-0.2, 0) is 48.4 Å². The van der Waals surface area contributed by atoms with Gasteiger partial charge in [0.2, 0.25) is 11.8 Å². The molecular weight excluding hydrogens is 904 g/mol. The zero-order valence-electron chi connectivity index (χ0n) is 40.5. The first kappa shape index (κ1) is 57.6. The number of nitrogens with one attached hydrogen (secondary N) is 3. The normalized spacial score (nSPS) is 12.3. The molecule has 4 atom stereocenters. The van der Waals surface area contributed by atoms with Crippen molar-refractivity contribution in [3.63, 3.8) is 0 Å². The maximum Gasteiger partial charge on any atom is 0.335 e. The van der Waals surface area contributed by atoms with Gasteiger partial charge in [-0.1, -0.05) is 146 Å². The zero-order valence-corrected chi connectivity index (χ0v) is 41.3. The summed E-state index contributed by atoms with van der Waals surface area (Å²) in [5, 5.41) is 36.6. The van der Waals surface area contributed by atoms with Crippen LogP contribution >= 0.6 is 12.4 Å². The van der Waals surface area contributed by atoms with E-state index < -0.39 is 24.1 Å². The highest BCUT2D eigenvalue weighted by Crippen LogP contribution is 2.11. The highest BCUT2D eigenvalue weighted by Gasteiger charge is 2.25. The summed E-state index contributed by atoms with van der Waals surface area (Å²) in [6, 6.07) is 50.8. The third kappa shape index (κ3) is 21.7. The van der Waals surface area contributed by atoms with E-state index in [-0.39, 0.29) is 49.4 Å². The van der Waals surface area contributed by atoms with E-state index in [1.807, 2.05) is 179 Å². The van der Waals surface area contributed by atoms with E-state index in [0.717, 1.165) is 46.5 Å². The Bertz CT molecular complexity index is 2410. The van der Waals surface area contributed by atoms with E-state index in [1.165, 1.54) is 0 Å². The lowest BCUT2D eigenvalue weighted by molar-refractivity contribution is -0.124. The fraction of sp³-hybridized carbons (Fsp3) is 0.286. The largest absolute Gasteiger partial charge is 0.478 e. The summed E-state index contributed by atoms with van der Waals surface area (Å²) in [6.07, 6.45) is 1.92. The van der Waals surface area contributed by atoms with Crippen LogP contribution in [0.15, 0.2) is 170 Å². The number of aliphatic hydroxyl groups excluding tert-OH is 2. The first-order chi connectivity index (χ1) is 33.2. The van der Waals surface area contributed by atoms with Crippen molar-refractivity contribution >= 4 is 36.1 Å². The second-order valence-electron chi connectivity index (χ2n) is 17.3. The Morgan fingerprint density at radius 2 is 0.800 bits per heavy atom. The molecule has 0 saturated carbocycles. The first-order valence-corrected chi connectivity index (χ1v) is 23.0. The molecule has 0 unspecified atom stereocenters. The molecule has 70 heavy (non-hydrogen) atoms. The van der Waals surface area contributed by atoms with Gasteiger partial charge in [0.1, 0.15) is 6.04 Å². The van der Waals surface area contributed by atoms with E-state index in [9.17, 15) is 29.4 Å². The molecule has 6 aromatic carbocycles. The maximum absolute atomic E-state index is 13.2. The fourth-order valence-electron chi connectivity index (χ4n) is 7.24. The summed E-state index contributed by atoms with van der Waals surface area (Å²) < 4.78 is 0. The van der Waals surface area contributed by atoms with Crippen LogP contribution in [0.25, 0.3) is 0 Å². The van der Waals surface area contributed by atoms with E-state index in [1.54, 1.807) is 24.3 Å². The number of amides is 3. The minimum atomic E-state index is -0.878. The molecule has 0 radical (unpaired) electrons. The van der Waals surface area contributed by atoms with Crippen LogP contribution in [0.3, 0.4) is 0 Å². The average Bonchev–Trinajstić information content (AvgIpc) is 3.35. The number of halogens is 1. The number of hydrogen-bond acceptors (Lipinski definition) is 9. The van der Waals surface area contributed by atoms with Crippen LogP contribution in [-0.4, -0.2) is 114 Å². The molecule has 0 aliphatic rings. The van der Waals surface area contributed by atoms with Crippen LogP contribution in [0.4, 0.5) is 0 Å². The van der Waals surface area contributed by atoms with Gasteiger partial charge in [0.15, 0.2) is 0 Å². The molecule has 0 fully saturated rings. The molecule has 0 spiro atoms. The van der Waals surface area contributed by atoms with E-state index in [2.05, 4.69) is 20.9 Å². The van der Waals surface area contributed by atoms with E-state index in [0.29, 0.717) is 36.8 Å². The smallest absolute Gasteiger partial charge is 0.335 e. The molecule has 8 N–H and O–H groups in total. The van der Waals surface area contributed by atoms with Crippen molar-refractivity contribution in [3.05, 3.63) is 214 Å². The van der Waals surface area contributed by atoms with Crippen molar-refractivity contribution in [2.45, 2.75) is 62.9 Å². The van der Waals surface area contributed by atoms with Crippen molar-refractivity contribution < 1.29 is 34.5 Å². The van der Waals surface area contributed by atoms with Gasteiger partial charge in [0, 0.05) is 25.1 Å². The van der Waals surface area contributed by atoms with Crippen molar-refractivity contribution in [3.8, 4) is 0 Å². The van der Waals surface area contributed by atoms with Crippen molar-refractivity contribution in [2.24, 2.45) is 5.73 Å². The number of nitrogens with two attached hydrogens (primary N) is 1. The summed E-state index contributed by atoms with van der Waals surface area (Å²) in [4.78, 5) is 53.0. The van der Waals surface area contributed by atoms with Crippen molar-refractivity contribution in [1.82, 2.24) is 25.8 Å². The number of carbonyl (C=O) groups is 4. The molecule has 0 aromatic heterocycles. The van der Waals surface area contributed by atoms with Gasteiger partial charge in [0.25, 0.3) is 5.91 Å². The molecule has 3 amide bonds. The lowest BCUT2D eigenvalue weighted by Gasteiger charge is -2.23. The Morgan fingerprint density at radius 3 is 1.16 bits per heavy atom. The first-order valence-electron chi connectivity index (χ1n) is 23.0. The van der Waals surface area contributed by atoms with Crippen LogP contribution in [0, 0.1) is 0 Å². The second-order valence-corrected chi connectivity index (χ2v) is 17.3. The standard InChI is InChI=1S/C28H33N3O3.C18H22N2O2.C10H13NO2.ClH/c1-31(2)19-23-13-15-24(16-14-23)27(33)30-26(18-22-11-7-4-8-12-22)28(34)29-25(20-32)17-21-9-5-3-6-10-21;19-17(12-15-9-5-2-6-10-15)18(22)20-16(13-21)11-14-7-3-1-4-8-14;1-11(2)7-8-3-5-9(6-4-8)10(12)13;/h3-16,25-26,32H,17-20H2,1-2H3,(H,29,34)(H,30,33);1-10,16-17,21H,11-13,19H2,(H,20,22);3-6H,7H2,1-2H3,(H,12,13);1H/t25-,26-;16-,17-;;/m00../s1. The zero-order chi connectivity index (χ0) is 50.0. The Balaban J connectivity index is 0.000000307. The van der Waals surface area contributed by atoms with Gasteiger partial charge in [-0.05, 0) is 105 Å². The molecule has 14 heteroatoms. The number of nitrogens with zero attached hydrogens (tertiary/aromatic N) is 2. The van der Waals surface area contributed by atoms with Gasteiger partial charge >= 0.3 is 5.97 Å². The molecule has 0 heterocycles. The van der Waals surface area contributed by atoms with Gasteiger partial charge in [-0.15, -0.1) is 12.4 Å². The van der Waals surface area contributed by atoms with E-state index in [4.69, 9.17) is 10.8 Å². The number of carbonyl (C=O) groups excluding carboxylic acids is 3. The van der Waals surface area contributed by atoms with Crippen LogP contribution in [0.5, 0.6) is 0 Å². The lowest BCUT2D eigenvalue weighted by Crippen LogP contribution is -2.52. The molecule has 6 rings (SSSR count). The maximum atomic E-state index is 13.2. The SMILES string of the molecule is CN(C)Cc1ccc(C(=O)N[C@@H](Cc2ccccc2)C(=O)N[C@H](CO)Cc2ccccc2)cc1.CN(C)Cc1ccc(C(=O)O)cc1.Cl.N[C@@H](Cc1ccccc1)C(=O)N[C@H](CO)Cc1ccccc1. The molecular formula is C56H69ClN6O7. The summed E-state index contributed by atoms with van der Waals surface area (Å²) in [5.74, 6) is -1.75. The average molecular weight is 974 g/mol. The second kappa shape index (κ2) is 31.4. The van der Waals surface area contributed by atoms with Crippen LogP contribution in [0.2, 0.25) is 0 Å². The number of carboxylic acid groups (broad SMARTS) is 1. The molecule has 0 aliphatic carbocycles. The van der Waals surface area contributed by atoms with Crippen LogP contribution < -0.4 is 21.7 Å². The van der Waals surface area contributed by atoms with Crippen molar-refractivity contribution in [2.75, 3.05) is 41.4 Å². The quantitative estimate of drug-likeness (QED) is 0.0453. The summed E-state index contributed by atoms with van der Waals surface area (Å²) >= 11 is 0. The number of hydrogen-bond donors (Lipinski definition) is 7. The molecule has 13 nitrogen and oxygen atoms in total. The lowest BCUT2D eigenvalue weighted by atomic mass is 10.0. The van der Waals surface area contributed by atoms with Crippen LogP contribution in [0.1, 0.15) is 54.1 Å². The Morgan fingerprint density at radius 1 is 0.457 bits per heavy atom. The number of aromatic carboxylic acids is 1. The summed E-state index contributed by atoms with van der Waals surface area (Å²) in [5.41, 5.74) is 13.1. The molecule has 0 saturated heterocycles. The molecule has 0 bridgehead atoms. The molecule has 6 aromatic rings. The predicted octanol–water partition coefficient (Wildman–Crippen LogP) is 5.95. The highest BCUT2D eigenvalue weighted by molar-refractivity contribution is 5.97. The topological polar surface area (TPSA) is 198 Å². The number of benzene rings is 6. The van der Waals surface area contributed by atoms with Gasteiger partial charge in [-0.25, -0.2) is 4.79 Å². The van der Waals surface area contributed by atoms with Gasteiger partial charge in [0.05, 0.1) is 36.9 Å². The van der Waals surface area contributed by atoms with Crippen molar-refractivity contribution in [1.29, 1.82) is 0 Å². The Labute approximate surface area is 419 Å². The third-order valence-corrected chi connectivity index (χ3v) is 10.7. The highest BCUT2D eigenvalue weighted by atomic mass is 35.5. The third-order valence-electron chi connectivity index (χ3n) is 10.7. The van der Waals surface area contributed by atoms with Gasteiger partial charge < -0.3 is 46.8 Å². The monoisotopic (exact) mass is 972 g/mol. The minimum Gasteiger partial charge on any atom is -0.478 e. The Kier molecular flexibility index (Phi) is 25.9. The number of aliphatic hydroxyl groups is 2. The van der Waals surface area contributed by atoms with Gasteiger partial charge in [-0.2, -0.15) is 0 Å². The number of rotatable bonds is 21. The summed E-state index contributed by atoms with van der Waals surface area (Å²) in [6.45, 7) is 1.31. The van der Waals surface area contributed by atoms with E-state index >= 15 is 0 Å².